The lowest BCUT2D eigenvalue weighted by Crippen LogP contribution is -2.28. The molecule has 0 atom stereocenters. The van der Waals surface area contributed by atoms with Gasteiger partial charge in [-0.15, -0.1) is 0 Å². The van der Waals surface area contributed by atoms with Crippen molar-refractivity contribution in [1.82, 2.24) is 0 Å². The second-order valence-corrected chi connectivity index (χ2v) is 5.90. The Kier molecular flexibility index (Phi) is 4.07. The average molecular weight is 309 g/mol. The molecule has 0 saturated carbocycles. The number of rotatable bonds is 3. The van der Waals surface area contributed by atoms with Crippen molar-refractivity contribution in [3.63, 3.8) is 0 Å². The molecule has 0 radical (unpaired) electrons. The van der Waals surface area contributed by atoms with E-state index in [9.17, 15) is 9.90 Å². The maximum absolute atomic E-state index is 11.3. The lowest BCUT2D eigenvalue weighted by Gasteiger charge is -2.20. The van der Waals surface area contributed by atoms with Gasteiger partial charge in [0, 0.05) is 5.56 Å². The number of hydrogen-bond acceptors (Lipinski definition) is 1. The SMILES string of the molecule is CC(C)(C(=O)O)c1cccc(-c2cccc(Cl)c2Cl)c1. The molecule has 0 saturated heterocycles. The van der Waals surface area contributed by atoms with E-state index in [1.54, 1.807) is 26.0 Å². The first-order valence-electron chi connectivity index (χ1n) is 6.12. The third kappa shape index (κ3) is 2.67. The van der Waals surface area contributed by atoms with Gasteiger partial charge in [0.15, 0.2) is 0 Å². The summed E-state index contributed by atoms with van der Waals surface area (Å²) in [7, 11) is 0. The van der Waals surface area contributed by atoms with Gasteiger partial charge in [-0.3, -0.25) is 4.79 Å². The topological polar surface area (TPSA) is 37.3 Å². The van der Waals surface area contributed by atoms with Crippen LogP contribution in [0.15, 0.2) is 42.5 Å². The molecule has 104 valence electrons. The van der Waals surface area contributed by atoms with Gasteiger partial charge in [0.05, 0.1) is 15.5 Å². The number of carboxylic acid groups (broad SMARTS) is 1. The van der Waals surface area contributed by atoms with Crippen LogP contribution in [-0.2, 0) is 10.2 Å². The molecule has 0 amide bonds. The van der Waals surface area contributed by atoms with E-state index >= 15 is 0 Å². The van der Waals surface area contributed by atoms with Crippen molar-refractivity contribution in [3.8, 4) is 11.1 Å². The third-order valence-corrected chi connectivity index (χ3v) is 4.20. The van der Waals surface area contributed by atoms with Crippen LogP contribution in [0.5, 0.6) is 0 Å². The standard InChI is InChI=1S/C16H14Cl2O2/c1-16(2,15(19)20)11-6-3-5-10(9-11)12-7-4-8-13(17)14(12)18/h3-9H,1-2H3,(H,19,20). The van der Waals surface area contributed by atoms with E-state index in [2.05, 4.69) is 0 Å². The van der Waals surface area contributed by atoms with Gasteiger partial charge in [-0.25, -0.2) is 0 Å². The van der Waals surface area contributed by atoms with Gasteiger partial charge < -0.3 is 5.11 Å². The van der Waals surface area contributed by atoms with E-state index < -0.39 is 11.4 Å². The molecular formula is C16H14Cl2O2. The van der Waals surface area contributed by atoms with Crippen molar-refractivity contribution in [3.05, 3.63) is 58.1 Å². The predicted octanol–water partition coefficient (Wildman–Crippen LogP) is 5.02. The van der Waals surface area contributed by atoms with Crippen LogP contribution in [0.2, 0.25) is 10.0 Å². The van der Waals surface area contributed by atoms with Crippen LogP contribution in [0.4, 0.5) is 0 Å². The zero-order chi connectivity index (χ0) is 14.9. The molecule has 0 aromatic heterocycles. The minimum Gasteiger partial charge on any atom is -0.481 e. The first kappa shape index (κ1) is 14.9. The molecule has 0 aliphatic rings. The maximum atomic E-state index is 11.3. The van der Waals surface area contributed by atoms with Crippen molar-refractivity contribution < 1.29 is 9.90 Å². The van der Waals surface area contributed by atoms with Crippen molar-refractivity contribution in [2.24, 2.45) is 0 Å². The Labute approximate surface area is 128 Å². The second kappa shape index (κ2) is 5.47. The molecule has 2 aromatic carbocycles. The molecule has 2 nitrogen and oxygen atoms in total. The summed E-state index contributed by atoms with van der Waals surface area (Å²) < 4.78 is 0. The number of aliphatic carboxylic acids is 1. The minimum absolute atomic E-state index is 0.472. The Bertz CT molecular complexity index is 663. The first-order chi connectivity index (χ1) is 9.34. The van der Waals surface area contributed by atoms with E-state index in [0.717, 1.165) is 16.7 Å². The van der Waals surface area contributed by atoms with E-state index in [1.807, 2.05) is 30.3 Å². The Hall–Kier alpha value is -1.51. The quantitative estimate of drug-likeness (QED) is 0.864. The Morgan fingerprint density at radius 2 is 1.75 bits per heavy atom. The van der Waals surface area contributed by atoms with Gasteiger partial charge in [0.25, 0.3) is 0 Å². The summed E-state index contributed by atoms with van der Waals surface area (Å²) in [6, 6.07) is 12.8. The van der Waals surface area contributed by atoms with Crippen molar-refractivity contribution in [2.45, 2.75) is 19.3 Å². The van der Waals surface area contributed by atoms with Crippen LogP contribution in [0.25, 0.3) is 11.1 Å². The Morgan fingerprint density at radius 3 is 2.40 bits per heavy atom. The van der Waals surface area contributed by atoms with Crippen molar-refractivity contribution >= 4 is 29.2 Å². The van der Waals surface area contributed by atoms with Gasteiger partial charge in [-0.2, -0.15) is 0 Å². The van der Waals surface area contributed by atoms with Crippen LogP contribution in [0, 0.1) is 0 Å². The lowest BCUT2D eigenvalue weighted by atomic mass is 9.83. The van der Waals surface area contributed by atoms with Crippen molar-refractivity contribution in [2.75, 3.05) is 0 Å². The number of halogens is 2. The minimum atomic E-state index is -0.957. The number of hydrogen-bond donors (Lipinski definition) is 1. The van der Waals surface area contributed by atoms with E-state index in [0.29, 0.717) is 10.0 Å². The van der Waals surface area contributed by atoms with E-state index in [1.165, 1.54) is 0 Å². The molecule has 0 spiro atoms. The molecule has 2 aromatic rings. The highest BCUT2D eigenvalue weighted by Crippen LogP contribution is 2.35. The fourth-order valence-corrected chi connectivity index (χ4v) is 2.34. The molecule has 0 unspecified atom stereocenters. The monoisotopic (exact) mass is 308 g/mol. The van der Waals surface area contributed by atoms with Crippen LogP contribution in [-0.4, -0.2) is 11.1 Å². The molecule has 2 rings (SSSR count). The third-order valence-electron chi connectivity index (χ3n) is 3.38. The highest BCUT2D eigenvalue weighted by molar-refractivity contribution is 6.43. The summed E-state index contributed by atoms with van der Waals surface area (Å²) in [6.45, 7) is 3.35. The Balaban J connectivity index is 2.56. The van der Waals surface area contributed by atoms with Crippen LogP contribution >= 0.6 is 23.2 Å². The van der Waals surface area contributed by atoms with Gasteiger partial charge in [-0.05, 0) is 37.1 Å². The maximum Gasteiger partial charge on any atom is 0.313 e. The van der Waals surface area contributed by atoms with Gasteiger partial charge in [0.1, 0.15) is 0 Å². The zero-order valence-electron chi connectivity index (χ0n) is 11.2. The fourth-order valence-electron chi connectivity index (χ4n) is 1.93. The summed E-state index contributed by atoms with van der Waals surface area (Å²) in [6.07, 6.45) is 0. The highest BCUT2D eigenvalue weighted by Gasteiger charge is 2.29. The molecule has 0 fully saturated rings. The molecule has 0 bridgehead atoms. The van der Waals surface area contributed by atoms with E-state index in [-0.39, 0.29) is 0 Å². The summed E-state index contributed by atoms with van der Waals surface area (Å²) >= 11 is 12.2. The predicted molar refractivity (Wildman–Crippen MR) is 82.6 cm³/mol. The highest BCUT2D eigenvalue weighted by atomic mass is 35.5. The zero-order valence-corrected chi connectivity index (χ0v) is 12.7. The molecule has 4 heteroatoms. The smallest absolute Gasteiger partial charge is 0.313 e. The largest absolute Gasteiger partial charge is 0.481 e. The summed E-state index contributed by atoms with van der Waals surface area (Å²) in [5.41, 5.74) is 1.41. The molecule has 0 aliphatic carbocycles. The van der Waals surface area contributed by atoms with Gasteiger partial charge in [-0.1, -0.05) is 53.5 Å². The average Bonchev–Trinajstić information content (AvgIpc) is 2.42. The Morgan fingerprint density at radius 1 is 1.10 bits per heavy atom. The molecule has 0 aliphatic heterocycles. The second-order valence-electron chi connectivity index (χ2n) is 5.11. The molecule has 0 heterocycles. The summed E-state index contributed by atoms with van der Waals surface area (Å²) in [5.74, 6) is -0.869. The lowest BCUT2D eigenvalue weighted by molar-refractivity contribution is -0.142. The normalized spacial score (nSPS) is 11.4. The van der Waals surface area contributed by atoms with Gasteiger partial charge in [0.2, 0.25) is 0 Å². The number of carboxylic acids is 1. The van der Waals surface area contributed by atoms with Crippen LogP contribution in [0.1, 0.15) is 19.4 Å². The fraction of sp³-hybridized carbons (Fsp3) is 0.188. The van der Waals surface area contributed by atoms with Crippen LogP contribution < -0.4 is 0 Å². The molecule has 1 N–H and O–H groups in total. The van der Waals surface area contributed by atoms with E-state index in [4.69, 9.17) is 23.2 Å². The van der Waals surface area contributed by atoms with Crippen LogP contribution in [0.3, 0.4) is 0 Å². The summed E-state index contributed by atoms with van der Waals surface area (Å²) in [5, 5.41) is 10.3. The first-order valence-corrected chi connectivity index (χ1v) is 6.88. The number of benzene rings is 2. The molecule has 20 heavy (non-hydrogen) atoms. The molecular weight excluding hydrogens is 295 g/mol. The summed E-state index contributed by atoms with van der Waals surface area (Å²) in [4.78, 5) is 11.3. The van der Waals surface area contributed by atoms with Crippen molar-refractivity contribution in [1.29, 1.82) is 0 Å². The van der Waals surface area contributed by atoms with Gasteiger partial charge >= 0.3 is 5.97 Å². The number of carbonyl (C=O) groups is 1.